The average Bonchev–Trinajstić information content (AvgIpc) is 1.35. The Bertz CT molecular complexity index is 32.9. The largest absolute Gasteiger partial charge is 0.395 e. The van der Waals surface area contributed by atoms with Gasteiger partial charge in [-0.15, -0.1) is 17.0 Å². The molecule has 1 unspecified atom stereocenters. The van der Waals surface area contributed by atoms with Crippen molar-refractivity contribution in [3.8, 4) is 0 Å². The zero-order chi connectivity index (χ0) is 4.99. The van der Waals surface area contributed by atoms with E-state index in [2.05, 4.69) is 6.92 Å². The van der Waals surface area contributed by atoms with Gasteiger partial charge in [0.25, 0.3) is 16.3 Å². The zero-order valence-corrected chi connectivity index (χ0v) is 8.81. The van der Waals surface area contributed by atoms with Crippen LogP contribution in [0.3, 0.4) is 0 Å². The minimum Gasteiger partial charge on any atom is -0.395 e. The molecule has 0 aliphatic rings. The second kappa shape index (κ2) is 6.97. The fraction of sp³-hybridized carbons (Fsp3) is 1.00. The molecule has 0 saturated carbocycles. The zero-order valence-electron chi connectivity index (χ0n) is 5.10. The Kier molecular flexibility index (Phi) is 10.8. The molecule has 0 aromatic heterocycles. The number of hydrogen-bond acceptors (Lipinski definition) is 1. The van der Waals surface area contributed by atoms with E-state index in [1.807, 2.05) is 6.92 Å². The molecule has 0 rings (SSSR count). The van der Waals surface area contributed by atoms with E-state index in [1.165, 1.54) is 0 Å². The van der Waals surface area contributed by atoms with Crippen molar-refractivity contribution >= 4 is 33.3 Å². The highest BCUT2D eigenvalue weighted by Crippen LogP contribution is 1.78. The molecule has 0 radical (unpaired) electrons. The van der Waals surface area contributed by atoms with Crippen LogP contribution in [-0.2, 0) is 4.74 Å². The van der Waals surface area contributed by atoms with Gasteiger partial charge in [0.2, 0.25) is 0 Å². The van der Waals surface area contributed by atoms with Gasteiger partial charge < -0.3 is 4.74 Å². The fourth-order valence-corrected chi connectivity index (χ4v) is 0.667. The maximum absolute atomic E-state index is 5.10. The molecule has 0 aliphatic carbocycles. The normalized spacial score (nSPS) is 12.3. The Labute approximate surface area is 63.6 Å². The predicted molar refractivity (Wildman–Crippen MR) is 40.0 cm³/mol. The van der Waals surface area contributed by atoms with Crippen LogP contribution in [0.5, 0.6) is 0 Å². The van der Waals surface area contributed by atoms with Gasteiger partial charge in [0.1, 0.15) is 0 Å². The lowest BCUT2D eigenvalue weighted by atomic mass is 10.8. The van der Waals surface area contributed by atoms with E-state index in [1.54, 1.807) is 0 Å². The highest BCUT2D eigenvalue weighted by molar-refractivity contribution is 8.93. The van der Waals surface area contributed by atoms with Gasteiger partial charge in [-0.2, -0.15) is 0 Å². The first kappa shape index (κ1) is 10.9. The fourth-order valence-electron chi connectivity index (χ4n) is 0.333. The van der Waals surface area contributed by atoms with E-state index in [0.717, 1.165) is 22.9 Å². The van der Waals surface area contributed by atoms with Crippen molar-refractivity contribution in [2.75, 3.05) is 6.61 Å². The predicted octanol–water partition coefficient (Wildman–Crippen LogP) is 0.580. The third-order valence-corrected chi connectivity index (χ3v) is 0.833. The third-order valence-electron chi connectivity index (χ3n) is 0.500. The van der Waals surface area contributed by atoms with Crippen LogP contribution < -0.4 is 0 Å². The van der Waals surface area contributed by atoms with Gasteiger partial charge in [0.15, 0.2) is 0 Å². The lowest BCUT2D eigenvalue weighted by Gasteiger charge is -2.00. The van der Waals surface area contributed by atoms with Crippen LogP contribution in [0.4, 0.5) is 0 Å². The number of hydrogen-bond donors (Lipinski definition) is 0. The topological polar surface area (TPSA) is 9.23 Å². The highest BCUT2D eigenvalue weighted by Gasteiger charge is 1.85. The Balaban J connectivity index is 0. The summed E-state index contributed by atoms with van der Waals surface area (Å²) in [6.45, 7) is 4.98. The second-order valence-electron chi connectivity index (χ2n) is 1.50. The van der Waals surface area contributed by atoms with Crippen LogP contribution >= 0.6 is 17.0 Å². The molecule has 0 bridgehead atoms. The number of halogens is 1. The smallest absolute Gasteiger partial charge is 0.258 e. The summed E-state index contributed by atoms with van der Waals surface area (Å²) in [5, 5.41) is 0. The van der Waals surface area contributed by atoms with E-state index in [-0.39, 0.29) is 17.0 Å². The highest BCUT2D eigenvalue weighted by atomic mass is 79.9. The van der Waals surface area contributed by atoms with Crippen molar-refractivity contribution in [3.05, 3.63) is 0 Å². The van der Waals surface area contributed by atoms with Crippen molar-refractivity contribution < 1.29 is 4.74 Å². The van der Waals surface area contributed by atoms with Crippen LogP contribution in [0.1, 0.15) is 13.8 Å². The Hall–Kier alpha value is 0.972. The van der Waals surface area contributed by atoms with Gasteiger partial charge in [0, 0.05) is 6.61 Å². The SMILES string of the molecule is Br.CCO[CH](C)[AlH2]. The maximum atomic E-state index is 5.10. The van der Waals surface area contributed by atoms with Crippen molar-refractivity contribution in [1.82, 2.24) is 0 Å². The van der Waals surface area contributed by atoms with E-state index >= 15 is 0 Å². The molecular weight excluding hydrogens is 171 g/mol. The van der Waals surface area contributed by atoms with E-state index in [9.17, 15) is 0 Å². The summed E-state index contributed by atoms with van der Waals surface area (Å²) in [7, 11) is 0. The van der Waals surface area contributed by atoms with Crippen LogP contribution in [0.2, 0.25) is 0 Å². The van der Waals surface area contributed by atoms with E-state index < -0.39 is 0 Å². The summed E-state index contributed by atoms with van der Waals surface area (Å²) >= 11 is 1.16. The van der Waals surface area contributed by atoms with Gasteiger partial charge in [-0.1, -0.05) is 6.92 Å². The summed E-state index contributed by atoms with van der Waals surface area (Å²) in [6, 6.07) is 0. The Morgan fingerprint density at radius 3 is 2.14 bits per heavy atom. The van der Waals surface area contributed by atoms with Gasteiger partial charge >= 0.3 is 0 Å². The second-order valence-corrected chi connectivity index (χ2v) is 3.13. The molecule has 0 aromatic rings. The first-order chi connectivity index (χ1) is 2.77. The summed E-state index contributed by atoms with van der Waals surface area (Å²) in [6.07, 6.45) is 0. The number of ether oxygens (including phenoxy) is 1. The Morgan fingerprint density at radius 1 is 1.71 bits per heavy atom. The minimum atomic E-state index is 0. The van der Waals surface area contributed by atoms with Crippen molar-refractivity contribution in [1.29, 1.82) is 0 Å². The molecule has 1 nitrogen and oxygen atoms in total. The Morgan fingerprint density at radius 2 is 2.14 bits per heavy atom. The monoisotopic (exact) mass is 182 g/mol. The molecule has 0 aromatic carbocycles. The summed E-state index contributed by atoms with van der Waals surface area (Å²) < 4.78 is 5.10. The molecule has 0 spiro atoms. The van der Waals surface area contributed by atoms with Gasteiger partial charge in [-0.25, -0.2) is 0 Å². The molecule has 0 amide bonds. The lowest BCUT2D eigenvalue weighted by Crippen LogP contribution is -2.05. The molecule has 0 N–H and O–H groups in total. The van der Waals surface area contributed by atoms with Crippen LogP contribution in [-0.4, -0.2) is 27.9 Å². The first-order valence-corrected chi connectivity index (χ1v) is 3.54. The molecular formula is C4H12AlBrO. The van der Waals surface area contributed by atoms with Gasteiger partial charge in [-0.3, -0.25) is 0 Å². The van der Waals surface area contributed by atoms with Crippen molar-refractivity contribution in [2.45, 2.75) is 18.8 Å². The van der Waals surface area contributed by atoms with E-state index in [0.29, 0.717) is 4.97 Å². The van der Waals surface area contributed by atoms with Crippen LogP contribution in [0.15, 0.2) is 0 Å². The van der Waals surface area contributed by atoms with Crippen molar-refractivity contribution in [3.63, 3.8) is 0 Å². The standard InChI is InChI=1S/C4H9O.Al.BrH.2H/c1-3-5-4-2;;;;/h3H,4H2,1-2H3;;1H;;. The summed E-state index contributed by atoms with van der Waals surface area (Å²) in [5.41, 5.74) is 0. The molecule has 7 heavy (non-hydrogen) atoms. The van der Waals surface area contributed by atoms with Gasteiger partial charge in [-0.05, 0) is 11.9 Å². The van der Waals surface area contributed by atoms with Crippen LogP contribution in [0.25, 0.3) is 0 Å². The molecule has 0 saturated heterocycles. The molecule has 0 fully saturated rings. The molecule has 1 atom stereocenters. The first-order valence-electron chi connectivity index (χ1n) is 2.39. The molecule has 44 valence electrons. The van der Waals surface area contributed by atoms with Gasteiger partial charge in [0.05, 0.1) is 0 Å². The summed E-state index contributed by atoms with van der Waals surface area (Å²) in [4.78, 5) is 0.537. The summed E-state index contributed by atoms with van der Waals surface area (Å²) in [5.74, 6) is 0. The molecule has 0 heterocycles. The third kappa shape index (κ3) is 10.9. The quantitative estimate of drug-likeness (QED) is 0.569. The minimum absolute atomic E-state index is 0. The van der Waals surface area contributed by atoms with Crippen molar-refractivity contribution in [2.24, 2.45) is 0 Å². The molecule has 0 aliphatic heterocycles. The number of rotatable bonds is 2. The van der Waals surface area contributed by atoms with Crippen LogP contribution in [0, 0.1) is 0 Å². The lowest BCUT2D eigenvalue weighted by molar-refractivity contribution is 0.132. The maximum Gasteiger partial charge on any atom is 0.258 e. The molecule has 3 heteroatoms. The average molecular weight is 183 g/mol. The van der Waals surface area contributed by atoms with E-state index in [4.69, 9.17) is 4.74 Å².